The van der Waals surface area contributed by atoms with Crippen molar-refractivity contribution in [2.75, 3.05) is 0 Å². The Bertz CT molecular complexity index is 552. The topological polar surface area (TPSA) is 56.7 Å². The summed E-state index contributed by atoms with van der Waals surface area (Å²) < 4.78 is 2.32. The highest BCUT2D eigenvalue weighted by atomic mass is 15.2. The minimum atomic E-state index is -0.360. The fraction of sp³-hybridized carbons (Fsp3) is 0.538. The number of hydrogen-bond donors (Lipinski definition) is 1. The number of aromatic nitrogens is 3. The molecule has 0 spiro atoms. The molecule has 0 saturated heterocycles. The maximum Gasteiger partial charge on any atom is 0.130 e. The first-order valence-electron chi connectivity index (χ1n) is 6.25. The van der Waals surface area contributed by atoms with Gasteiger partial charge < -0.3 is 10.3 Å². The van der Waals surface area contributed by atoms with Gasteiger partial charge in [-0.05, 0) is 32.3 Å². The van der Waals surface area contributed by atoms with Gasteiger partial charge in [-0.15, -0.1) is 0 Å². The smallest absolute Gasteiger partial charge is 0.130 e. The highest BCUT2D eigenvalue weighted by molar-refractivity contribution is 5.75. The zero-order valence-electron chi connectivity index (χ0n) is 10.3. The van der Waals surface area contributed by atoms with Gasteiger partial charge in [0.2, 0.25) is 0 Å². The maximum absolute atomic E-state index is 6.36. The number of fused-ring (bicyclic) bond motifs is 1. The fourth-order valence-corrected chi connectivity index (χ4v) is 2.21. The van der Waals surface area contributed by atoms with E-state index in [0.29, 0.717) is 6.04 Å². The quantitative estimate of drug-likeness (QED) is 0.880. The van der Waals surface area contributed by atoms with E-state index in [1.165, 1.54) is 18.4 Å². The lowest BCUT2D eigenvalue weighted by Gasteiger charge is -2.23. The Labute approximate surface area is 101 Å². The molecule has 1 atom stereocenters. The summed E-state index contributed by atoms with van der Waals surface area (Å²) in [7, 11) is 0. The van der Waals surface area contributed by atoms with Gasteiger partial charge in [0, 0.05) is 12.2 Å². The standard InChI is InChI=1S/C13H18N4/c1-3-13(2,14)12-16-10-8-15-7-6-11(10)17(12)9-4-5-9/h6-9H,3-5,14H2,1-2H3. The van der Waals surface area contributed by atoms with Crippen molar-refractivity contribution in [3.63, 3.8) is 0 Å². The van der Waals surface area contributed by atoms with Crippen molar-refractivity contribution >= 4 is 11.0 Å². The van der Waals surface area contributed by atoms with Crippen LogP contribution < -0.4 is 5.73 Å². The largest absolute Gasteiger partial charge is 0.323 e. The summed E-state index contributed by atoms with van der Waals surface area (Å²) in [4.78, 5) is 8.83. The van der Waals surface area contributed by atoms with Crippen LogP contribution in [0.4, 0.5) is 0 Å². The summed E-state index contributed by atoms with van der Waals surface area (Å²) in [5.74, 6) is 1.01. The molecule has 2 N–H and O–H groups in total. The Balaban J connectivity index is 2.26. The number of rotatable bonds is 3. The normalized spacial score (nSPS) is 19.5. The van der Waals surface area contributed by atoms with Crippen LogP contribution in [0.15, 0.2) is 18.5 Å². The van der Waals surface area contributed by atoms with Crippen LogP contribution in [0.3, 0.4) is 0 Å². The number of imidazole rings is 1. The molecule has 4 heteroatoms. The first-order chi connectivity index (χ1) is 8.13. The summed E-state index contributed by atoms with van der Waals surface area (Å²) in [6, 6.07) is 2.63. The van der Waals surface area contributed by atoms with Gasteiger partial charge in [-0.1, -0.05) is 6.92 Å². The Hall–Kier alpha value is -1.42. The number of nitrogens with two attached hydrogens (primary N) is 1. The Kier molecular flexibility index (Phi) is 2.23. The Morgan fingerprint density at radius 3 is 2.94 bits per heavy atom. The highest BCUT2D eigenvalue weighted by Gasteiger charge is 2.33. The van der Waals surface area contributed by atoms with Gasteiger partial charge in [-0.3, -0.25) is 4.98 Å². The van der Waals surface area contributed by atoms with Crippen molar-refractivity contribution in [3.05, 3.63) is 24.3 Å². The highest BCUT2D eigenvalue weighted by Crippen LogP contribution is 2.40. The van der Waals surface area contributed by atoms with Gasteiger partial charge in [0.1, 0.15) is 11.3 Å². The molecule has 1 saturated carbocycles. The number of pyridine rings is 1. The van der Waals surface area contributed by atoms with Gasteiger partial charge in [0.15, 0.2) is 0 Å². The third-order valence-electron chi connectivity index (χ3n) is 3.65. The minimum absolute atomic E-state index is 0.360. The maximum atomic E-state index is 6.36. The van der Waals surface area contributed by atoms with Gasteiger partial charge in [0.05, 0.1) is 17.3 Å². The van der Waals surface area contributed by atoms with Crippen molar-refractivity contribution in [1.82, 2.24) is 14.5 Å². The van der Waals surface area contributed by atoms with E-state index in [1.54, 1.807) is 0 Å². The van der Waals surface area contributed by atoms with Crippen LogP contribution in [0.2, 0.25) is 0 Å². The molecule has 0 radical (unpaired) electrons. The first kappa shape index (κ1) is 10.7. The van der Waals surface area contributed by atoms with E-state index in [0.717, 1.165) is 17.8 Å². The predicted octanol–water partition coefficient (Wildman–Crippen LogP) is 2.35. The van der Waals surface area contributed by atoms with Gasteiger partial charge >= 0.3 is 0 Å². The molecule has 2 aromatic heterocycles. The third kappa shape index (κ3) is 1.63. The average molecular weight is 230 g/mol. The lowest BCUT2D eigenvalue weighted by molar-refractivity contribution is 0.424. The van der Waals surface area contributed by atoms with Crippen LogP contribution in [0.25, 0.3) is 11.0 Å². The zero-order valence-corrected chi connectivity index (χ0v) is 10.3. The molecule has 3 rings (SSSR count). The number of nitrogens with zero attached hydrogens (tertiary/aromatic N) is 3. The van der Waals surface area contributed by atoms with Gasteiger partial charge in [-0.2, -0.15) is 0 Å². The monoisotopic (exact) mass is 230 g/mol. The lowest BCUT2D eigenvalue weighted by Crippen LogP contribution is -2.35. The Morgan fingerprint density at radius 2 is 2.29 bits per heavy atom. The minimum Gasteiger partial charge on any atom is -0.323 e. The average Bonchev–Trinajstić information content (AvgIpc) is 3.09. The second-order valence-corrected chi connectivity index (χ2v) is 5.17. The number of hydrogen-bond acceptors (Lipinski definition) is 3. The van der Waals surface area contributed by atoms with Crippen LogP contribution >= 0.6 is 0 Å². The van der Waals surface area contributed by atoms with Crippen LogP contribution in [0, 0.1) is 0 Å². The molecule has 0 amide bonds. The molecule has 0 bridgehead atoms. The molecular formula is C13H18N4. The van der Waals surface area contributed by atoms with Crippen LogP contribution in [0.5, 0.6) is 0 Å². The molecule has 1 unspecified atom stereocenters. The van der Waals surface area contributed by atoms with E-state index in [9.17, 15) is 0 Å². The lowest BCUT2D eigenvalue weighted by atomic mass is 9.99. The fourth-order valence-electron chi connectivity index (χ4n) is 2.21. The summed E-state index contributed by atoms with van der Waals surface area (Å²) in [6.07, 6.45) is 7.01. The van der Waals surface area contributed by atoms with Gasteiger partial charge in [0.25, 0.3) is 0 Å². The van der Waals surface area contributed by atoms with Crippen LogP contribution in [-0.2, 0) is 5.54 Å². The second kappa shape index (κ2) is 3.53. The summed E-state index contributed by atoms with van der Waals surface area (Å²) >= 11 is 0. The Morgan fingerprint density at radius 1 is 1.53 bits per heavy atom. The zero-order chi connectivity index (χ0) is 12.0. The molecular weight excluding hydrogens is 212 g/mol. The van der Waals surface area contributed by atoms with Crippen LogP contribution in [-0.4, -0.2) is 14.5 Å². The summed E-state index contributed by atoms with van der Waals surface area (Å²) in [5.41, 5.74) is 8.13. The second-order valence-electron chi connectivity index (χ2n) is 5.17. The van der Waals surface area contributed by atoms with Gasteiger partial charge in [-0.25, -0.2) is 4.98 Å². The van der Waals surface area contributed by atoms with E-state index < -0.39 is 0 Å². The SMILES string of the molecule is CCC(C)(N)c1nc2cnccc2n1C1CC1. The van der Waals surface area contributed by atoms with Crippen molar-refractivity contribution in [2.24, 2.45) is 5.73 Å². The molecule has 2 aromatic rings. The van der Waals surface area contributed by atoms with E-state index in [2.05, 4.69) is 23.4 Å². The van der Waals surface area contributed by atoms with Crippen molar-refractivity contribution < 1.29 is 0 Å². The molecule has 1 aliphatic carbocycles. The molecule has 1 fully saturated rings. The molecule has 0 aliphatic heterocycles. The van der Waals surface area contributed by atoms with Crippen molar-refractivity contribution in [1.29, 1.82) is 0 Å². The van der Waals surface area contributed by atoms with Crippen molar-refractivity contribution in [3.8, 4) is 0 Å². The first-order valence-corrected chi connectivity index (χ1v) is 6.25. The molecule has 0 aromatic carbocycles. The van der Waals surface area contributed by atoms with Crippen LogP contribution in [0.1, 0.15) is 45.0 Å². The van der Waals surface area contributed by atoms with E-state index >= 15 is 0 Å². The molecule has 2 heterocycles. The van der Waals surface area contributed by atoms with E-state index in [-0.39, 0.29) is 5.54 Å². The molecule has 17 heavy (non-hydrogen) atoms. The molecule has 4 nitrogen and oxygen atoms in total. The molecule has 1 aliphatic rings. The van der Waals surface area contributed by atoms with Crippen molar-refractivity contribution in [2.45, 2.75) is 44.7 Å². The molecule has 90 valence electrons. The van der Waals surface area contributed by atoms with E-state index in [4.69, 9.17) is 10.7 Å². The summed E-state index contributed by atoms with van der Waals surface area (Å²) in [5, 5.41) is 0. The predicted molar refractivity (Wildman–Crippen MR) is 67.6 cm³/mol. The third-order valence-corrected chi connectivity index (χ3v) is 3.65. The van der Waals surface area contributed by atoms with E-state index in [1.807, 2.05) is 18.5 Å². The summed E-state index contributed by atoms with van der Waals surface area (Å²) in [6.45, 7) is 4.16.